The molecule has 0 spiro atoms. The van der Waals surface area contributed by atoms with Crippen molar-refractivity contribution in [1.29, 1.82) is 0 Å². The van der Waals surface area contributed by atoms with Gasteiger partial charge in [0.25, 0.3) is 5.91 Å². The van der Waals surface area contributed by atoms with E-state index in [1.54, 1.807) is 20.1 Å². The number of hydrogen-bond donors (Lipinski definition) is 2. The van der Waals surface area contributed by atoms with Crippen molar-refractivity contribution in [2.75, 3.05) is 33.9 Å². The van der Waals surface area contributed by atoms with Gasteiger partial charge in [0.05, 0.1) is 18.6 Å². The van der Waals surface area contributed by atoms with Crippen LogP contribution in [0.3, 0.4) is 0 Å². The number of ether oxygens (including phenoxy) is 2. The number of carbonyl (C=O) groups excluding carboxylic acids is 1. The number of sulfonamides is 1. The van der Waals surface area contributed by atoms with Crippen molar-refractivity contribution in [2.24, 2.45) is 0 Å². The highest BCUT2D eigenvalue weighted by Gasteiger charge is 2.17. The summed E-state index contributed by atoms with van der Waals surface area (Å²) in [6.07, 6.45) is 0.603. The van der Waals surface area contributed by atoms with Crippen molar-refractivity contribution >= 4 is 15.9 Å². The lowest BCUT2D eigenvalue weighted by Crippen LogP contribution is -2.29. The molecule has 2 rings (SSSR count). The van der Waals surface area contributed by atoms with Crippen LogP contribution in [0.5, 0.6) is 5.75 Å². The van der Waals surface area contributed by atoms with Crippen LogP contribution >= 0.6 is 0 Å². The minimum atomic E-state index is -3.70. The van der Waals surface area contributed by atoms with Crippen molar-refractivity contribution in [3.63, 3.8) is 0 Å². The summed E-state index contributed by atoms with van der Waals surface area (Å²) in [6, 6.07) is 12.1. The summed E-state index contributed by atoms with van der Waals surface area (Å²) in [5.41, 5.74) is 2.01. The third-order valence-electron chi connectivity index (χ3n) is 4.23. The molecule has 1 amide bonds. The maximum Gasteiger partial charge on any atom is 0.251 e. The van der Waals surface area contributed by atoms with E-state index in [2.05, 4.69) is 10.0 Å². The summed E-state index contributed by atoms with van der Waals surface area (Å²) in [7, 11) is -0.606. The lowest BCUT2D eigenvalue weighted by molar-refractivity contribution is 0.0953. The standard InChI is InChI=1S/C20H26N2O5S/c1-15-8-9-17(28(24,25)22-12-13-26-2)14-18(15)20(23)21-11-10-16-6-4-5-7-19(16)27-3/h4-9,14,22H,10-13H2,1-3H3,(H,21,23). The predicted octanol–water partition coefficient (Wildman–Crippen LogP) is 1.90. The Hall–Kier alpha value is -2.42. The average Bonchev–Trinajstić information content (AvgIpc) is 2.68. The molecule has 0 aliphatic heterocycles. The molecule has 0 aliphatic carbocycles. The molecule has 2 aromatic carbocycles. The number of benzene rings is 2. The molecule has 0 unspecified atom stereocenters. The summed E-state index contributed by atoms with van der Waals surface area (Å²) in [4.78, 5) is 12.6. The molecule has 28 heavy (non-hydrogen) atoms. The lowest BCUT2D eigenvalue weighted by Gasteiger charge is -2.12. The first-order valence-electron chi connectivity index (χ1n) is 8.88. The number of hydrogen-bond acceptors (Lipinski definition) is 5. The van der Waals surface area contributed by atoms with E-state index in [1.807, 2.05) is 24.3 Å². The van der Waals surface area contributed by atoms with Crippen molar-refractivity contribution < 1.29 is 22.7 Å². The number of aryl methyl sites for hydroxylation is 1. The minimum Gasteiger partial charge on any atom is -0.496 e. The molecule has 0 bridgehead atoms. The fraction of sp³-hybridized carbons (Fsp3) is 0.350. The zero-order valence-corrected chi connectivity index (χ0v) is 17.1. The number of para-hydroxylation sites is 1. The van der Waals surface area contributed by atoms with E-state index in [4.69, 9.17) is 9.47 Å². The Morgan fingerprint density at radius 2 is 1.82 bits per heavy atom. The van der Waals surface area contributed by atoms with Gasteiger partial charge in [-0.15, -0.1) is 0 Å². The van der Waals surface area contributed by atoms with E-state index in [1.165, 1.54) is 19.2 Å². The molecular weight excluding hydrogens is 380 g/mol. The first-order chi connectivity index (χ1) is 13.4. The molecule has 0 aromatic heterocycles. The summed E-state index contributed by atoms with van der Waals surface area (Å²) >= 11 is 0. The van der Waals surface area contributed by atoms with Gasteiger partial charge in [-0.2, -0.15) is 0 Å². The number of methoxy groups -OCH3 is 2. The molecule has 0 atom stereocenters. The lowest BCUT2D eigenvalue weighted by atomic mass is 10.1. The fourth-order valence-corrected chi connectivity index (χ4v) is 3.73. The zero-order chi connectivity index (χ0) is 20.6. The molecule has 0 heterocycles. The first-order valence-corrected chi connectivity index (χ1v) is 10.4. The largest absolute Gasteiger partial charge is 0.496 e. The molecule has 0 fully saturated rings. The van der Waals surface area contributed by atoms with Crippen LogP contribution in [-0.2, 0) is 21.2 Å². The van der Waals surface area contributed by atoms with Crippen LogP contribution in [0.2, 0.25) is 0 Å². The van der Waals surface area contributed by atoms with Crippen molar-refractivity contribution in [3.05, 3.63) is 59.2 Å². The van der Waals surface area contributed by atoms with E-state index < -0.39 is 10.0 Å². The Bertz CT molecular complexity index is 913. The normalized spacial score (nSPS) is 11.2. The molecular formula is C20H26N2O5S. The van der Waals surface area contributed by atoms with Crippen LogP contribution < -0.4 is 14.8 Å². The van der Waals surface area contributed by atoms with Crippen LogP contribution in [0.15, 0.2) is 47.4 Å². The number of amides is 1. The first kappa shape index (κ1) is 21.9. The molecule has 2 N–H and O–H groups in total. The third-order valence-corrected chi connectivity index (χ3v) is 5.69. The second-order valence-electron chi connectivity index (χ2n) is 6.19. The van der Waals surface area contributed by atoms with Gasteiger partial charge in [0, 0.05) is 25.8 Å². The molecule has 152 valence electrons. The SMILES string of the molecule is COCCNS(=O)(=O)c1ccc(C)c(C(=O)NCCc2ccccc2OC)c1. The number of rotatable bonds is 10. The molecule has 2 aromatic rings. The van der Waals surface area contributed by atoms with Crippen LogP contribution in [0.25, 0.3) is 0 Å². The van der Waals surface area contributed by atoms with Gasteiger partial charge in [0.1, 0.15) is 5.75 Å². The number of carbonyl (C=O) groups is 1. The van der Waals surface area contributed by atoms with Gasteiger partial charge >= 0.3 is 0 Å². The summed E-state index contributed by atoms with van der Waals surface area (Å²) in [5, 5.41) is 2.84. The molecule has 7 nitrogen and oxygen atoms in total. The van der Waals surface area contributed by atoms with Gasteiger partial charge in [0.2, 0.25) is 10.0 Å². The predicted molar refractivity (Wildman–Crippen MR) is 107 cm³/mol. The highest BCUT2D eigenvalue weighted by atomic mass is 32.2. The van der Waals surface area contributed by atoms with Gasteiger partial charge in [0.15, 0.2) is 0 Å². The Kier molecular flexibility index (Phi) is 7.98. The Morgan fingerprint density at radius 3 is 2.54 bits per heavy atom. The van der Waals surface area contributed by atoms with Gasteiger partial charge in [-0.3, -0.25) is 4.79 Å². The van der Waals surface area contributed by atoms with Crippen LogP contribution in [0.1, 0.15) is 21.5 Å². The number of nitrogens with one attached hydrogen (secondary N) is 2. The Labute approximate surface area is 166 Å². The van der Waals surface area contributed by atoms with Crippen molar-refractivity contribution in [1.82, 2.24) is 10.0 Å². The second-order valence-corrected chi connectivity index (χ2v) is 7.95. The van der Waals surface area contributed by atoms with E-state index >= 15 is 0 Å². The van der Waals surface area contributed by atoms with Crippen LogP contribution in [0.4, 0.5) is 0 Å². The quantitative estimate of drug-likeness (QED) is 0.588. The highest BCUT2D eigenvalue weighted by molar-refractivity contribution is 7.89. The molecule has 0 saturated heterocycles. The average molecular weight is 407 g/mol. The maximum absolute atomic E-state index is 12.6. The van der Waals surface area contributed by atoms with Crippen LogP contribution in [-0.4, -0.2) is 48.2 Å². The van der Waals surface area contributed by atoms with Gasteiger partial charge in [-0.05, 0) is 42.7 Å². The topological polar surface area (TPSA) is 93.7 Å². The van der Waals surface area contributed by atoms with E-state index in [0.29, 0.717) is 24.1 Å². The third kappa shape index (κ3) is 5.79. The molecule has 0 radical (unpaired) electrons. The van der Waals surface area contributed by atoms with E-state index in [-0.39, 0.29) is 24.0 Å². The molecule has 8 heteroatoms. The van der Waals surface area contributed by atoms with Crippen LogP contribution in [0, 0.1) is 6.92 Å². The maximum atomic E-state index is 12.6. The fourth-order valence-electron chi connectivity index (χ4n) is 2.69. The summed E-state index contributed by atoms with van der Waals surface area (Å²) in [5.74, 6) is 0.449. The smallest absolute Gasteiger partial charge is 0.251 e. The van der Waals surface area contributed by atoms with E-state index in [9.17, 15) is 13.2 Å². The van der Waals surface area contributed by atoms with Gasteiger partial charge in [-0.25, -0.2) is 13.1 Å². The van der Waals surface area contributed by atoms with Gasteiger partial charge < -0.3 is 14.8 Å². The molecule has 0 saturated carbocycles. The Morgan fingerprint density at radius 1 is 1.07 bits per heavy atom. The summed E-state index contributed by atoms with van der Waals surface area (Å²) < 4.78 is 37.3. The second kappa shape index (κ2) is 10.2. The van der Waals surface area contributed by atoms with Crippen molar-refractivity contribution in [2.45, 2.75) is 18.2 Å². The summed E-state index contributed by atoms with van der Waals surface area (Å²) in [6.45, 7) is 2.60. The van der Waals surface area contributed by atoms with E-state index in [0.717, 1.165) is 11.3 Å². The zero-order valence-electron chi connectivity index (χ0n) is 16.3. The monoisotopic (exact) mass is 406 g/mol. The van der Waals surface area contributed by atoms with Gasteiger partial charge in [-0.1, -0.05) is 24.3 Å². The molecule has 0 aliphatic rings. The Balaban J connectivity index is 2.06. The highest BCUT2D eigenvalue weighted by Crippen LogP contribution is 2.18. The van der Waals surface area contributed by atoms with Crippen molar-refractivity contribution in [3.8, 4) is 5.75 Å². The minimum absolute atomic E-state index is 0.0454.